The molecule has 0 bridgehead atoms. The van der Waals surface area contributed by atoms with Gasteiger partial charge in [0.1, 0.15) is 0 Å². The summed E-state index contributed by atoms with van der Waals surface area (Å²) >= 11 is 1.44. The molecule has 1 aliphatic rings. The van der Waals surface area contributed by atoms with Crippen molar-refractivity contribution in [3.8, 4) is 0 Å². The zero-order chi connectivity index (χ0) is 21.3. The summed E-state index contributed by atoms with van der Waals surface area (Å²) in [7, 11) is 0. The van der Waals surface area contributed by atoms with E-state index in [9.17, 15) is 9.59 Å². The number of carbonyl (C=O) groups excluding carboxylic acids is 1. The Bertz CT molecular complexity index is 1130. The molecule has 7 nitrogen and oxygen atoms in total. The van der Waals surface area contributed by atoms with Gasteiger partial charge in [0.2, 0.25) is 16.0 Å². The number of hydrogen-bond acceptors (Lipinski definition) is 6. The summed E-state index contributed by atoms with van der Waals surface area (Å²) in [5, 5.41) is 8.33. The number of carbonyl (C=O) groups is 1. The molecule has 2 aromatic heterocycles. The second kappa shape index (κ2) is 8.55. The predicted octanol–water partition coefficient (Wildman–Crippen LogP) is 3.58. The highest BCUT2D eigenvalue weighted by Crippen LogP contribution is 2.27. The van der Waals surface area contributed by atoms with E-state index in [2.05, 4.69) is 34.1 Å². The molecule has 1 saturated heterocycles. The van der Waals surface area contributed by atoms with Gasteiger partial charge < -0.3 is 10.2 Å². The molecule has 3 aromatic rings. The Hall–Kier alpha value is -2.74. The number of rotatable bonds is 5. The average molecular weight is 426 g/mol. The normalized spacial score (nSPS) is 15.0. The van der Waals surface area contributed by atoms with E-state index in [1.54, 1.807) is 6.07 Å². The summed E-state index contributed by atoms with van der Waals surface area (Å²) in [5.74, 6) is 0.0542. The van der Waals surface area contributed by atoms with Gasteiger partial charge in [0, 0.05) is 36.5 Å². The summed E-state index contributed by atoms with van der Waals surface area (Å²) in [6.07, 6.45) is 3.26. The molecule has 0 radical (unpaired) electrons. The molecule has 0 atom stereocenters. The second-order valence-electron chi connectivity index (χ2n) is 7.96. The Kier molecular flexibility index (Phi) is 5.85. The lowest BCUT2D eigenvalue weighted by molar-refractivity contribution is -0.120. The number of nitrogens with zero attached hydrogens (tertiary/aromatic N) is 4. The highest BCUT2D eigenvalue weighted by Gasteiger charge is 2.27. The zero-order valence-corrected chi connectivity index (χ0v) is 18.5. The van der Waals surface area contributed by atoms with Crippen LogP contribution in [0.1, 0.15) is 43.0 Å². The van der Waals surface area contributed by atoms with Crippen LogP contribution >= 0.6 is 11.3 Å². The molecule has 1 N–H and O–H groups in total. The van der Waals surface area contributed by atoms with Gasteiger partial charge in [-0.3, -0.25) is 9.59 Å². The first-order chi connectivity index (χ1) is 14.4. The van der Waals surface area contributed by atoms with Crippen molar-refractivity contribution in [2.45, 2.75) is 46.5 Å². The Labute approximate surface area is 179 Å². The van der Waals surface area contributed by atoms with Gasteiger partial charge in [-0.25, -0.2) is 4.98 Å². The summed E-state index contributed by atoms with van der Waals surface area (Å²) in [6.45, 7) is 7.66. The van der Waals surface area contributed by atoms with E-state index < -0.39 is 0 Å². The fraction of sp³-hybridized carbons (Fsp3) is 0.455. The van der Waals surface area contributed by atoms with E-state index in [-0.39, 0.29) is 17.4 Å². The van der Waals surface area contributed by atoms with E-state index in [1.807, 2.05) is 25.1 Å². The maximum absolute atomic E-state index is 12.7. The number of amides is 1. The van der Waals surface area contributed by atoms with Crippen LogP contribution in [0.4, 0.5) is 10.8 Å². The van der Waals surface area contributed by atoms with Crippen LogP contribution < -0.4 is 15.8 Å². The molecular weight excluding hydrogens is 398 g/mol. The fourth-order valence-electron chi connectivity index (χ4n) is 3.75. The van der Waals surface area contributed by atoms with Crippen LogP contribution in [0.5, 0.6) is 0 Å². The monoisotopic (exact) mass is 425 g/mol. The number of fused-ring (bicyclic) bond motifs is 1. The number of hydrogen-bond donors (Lipinski definition) is 1. The Morgan fingerprint density at radius 1 is 1.20 bits per heavy atom. The fourth-order valence-corrected chi connectivity index (χ4v) is 4.73. The molecule has 0 unspecified atom stereocenters. The first-order valence-corrected chi connectivity index (χ1v) is 11.3. The third-order valence-corrected chi connectivity index (χ3v) is 6.67. The van der Waals surface area contributed by atoms with Gasteiger partial charge in [0.15, 0.2) is 0 Å². The third-order valence-electron chi connectivity index (χ3n) is 5.70. The molecule has 0 spiro atoms. The van der Waals surface area contributed by atoms with Crippen molar-refractivity contribution in [1.29, 1.82) is 0 Å². The minimum Gasteiger partial charge on any atom is -0.347 e. The number of aryl methyl sites for hydroxylation is 3. The van der Waals surface area contributed by atoms with Gasteiger partial charge in [-0.1, -0.05) is 30.7 Å². The van der Waals surface area contributed by atoms with Crippen LogP contribution in [0.2, 0.25) is 0 Å². The SMILES string of the molecule is CCCc1cc(=O)n2nc(N3CCC(C(=O)Nc4ccc(C)c(C)c4)CC3)sc2n1. The summed E-state index contributed by atoms with van der Waals surface area (Å²) < 4.78 is 1.39. The smallest absolute Gasteiger partial charge is 0.275 e. The number of piperidine rings is 1. The van der Waals surface area contributed by atoms with E-state index in [4.69, 9.17) is 0 Å². The van der Waals surface area contributed by atoms with Crippen molar-refractivity contribution in [1.82, 2.24) is 14.6 Å². The van der Waals surface area contributed by atoms with Gasteiger partial charge in [0.05, 0.1) is 0 Å². The lowest BCUT2D eigenvalue weighted by atomic mass is 9.96. The van der Waals surface area contributed by atoms with E-state index in [0.717, 1.165) is 55.3 Å². The van der Waals surface area contributed by atoms with Crippen LogP contribution in [0, 0.1) is 19.8 Å². The van der Waals surface area contributed by atoms with Crippen molar-refractivity contribution in [3.05, 3.63) is 51.4 Å². The standard InChI is InChI=1S/C22H27N5O2S/c1-4-5-17-13-19(28)27-21(24-17)30-22(25-27)26-10-8-16(9-11-26)20(29)23-18-7-6-14(2)15(3)12-18/h6-7,12-13,16H,4-5,8-11H2,1-3H3,(H,23,29). The molecule has 4 rings (SSSR count). The molecule has 30 heavy (non-hydrogen) atoms. The maximum atomic E-state index is 12.7. The zero-order valence-electron chi connectivity index (χ0n) is 17.6. The quantitative estimate of drug-likeness (QED) is 0.676. The Morgan fingerprint density at radius 2 is 1.97 bits per heavy atom. The molecule has 158 valence electrons. The van der Waals surface area contributed by atoms with Crippen molar-refractivity contribution in [2.75, 3.05) is 23.3 Å². The van der Waals surface area contributed by atoms with Crippen LogP contribution in [-0.2, 0) is 11.2 Å². The van der Waals surface area contributed by atoms with Gasteiger partial charge in [0.25, 0.3) is 5.56 Å². The first kappa shape index (κ1) is 20.5. The molecule has 1 aliphatic heterocycles. The van der Waals surface area contributed by atoms with Crippen molar-refractivity contribution in [2.24, 2.45) is 5.92 Å². The predicted molar refractivity (Wildman–Crippen MR) is 121 cm³/mol. The molecule has 1 fully saturated rings. The molecule has 0 aliphatic carbocycles. The van der Waals surface area contributed by atoms with E-state index >= 15 is 0 Å². The largest absolute Gasteiger partial charge is 0.347 e. The van der Waals surface area contributed by atoms with Crippen LogP contribution in [0.3, 0.4) is 0 Å². The van der Waals surface area contributed by atoms with Crippen molar-refractivity contribution < 1.29 is 4.79 Å². The van der Waals surface area contributed by atoms with Gasteiger partial charge in [-0.15, -0.1) is 5.10 Å². The molecule has 0 saturated carbocycles. The highest BCUT2D eigenvalue weighted by atomic mass is 32.1. The molecule has 3 heterocycles. The summed E-state index contributed by atoms with van der Waals surface area (Å²) in [6, 6.07) is 7.57. The number of benzene rings is 1. The molecule has 8 heteroatoms. The molecule has 1 aromatic carbocycles. The lowest BCUT2D eigenvalue weighted by Gasteiger charge is -2.30. The Morgan fingerprint density at radius 3 is 2.67 bits per heavy atom. The second-order valence-corrected chi connectivity index (χ2v) is 8.90. The highest BCUT2D eigenvalue weighted by molar-refractivity contribution is 7.20. The third kappa shape index (κ3) is 4.23. The Balaban J connectivity index is 1.41. The van der Waals surface area contributed by atoms with Gasteiger partial charge >= 0.3 is 0 Å². The summed E-state index contributed by atoms with van der Waals surface area (Å²) in [4.78, 5) is 32.4. The van der Waals surface area contributed by atoms with Crippen LogP contribution in [0.25, 0.3) is 4.96 Å². The first-order valence-electron chi connectivity index (χ1n) is 10.5. The minimum absolute atomic E-state index is 0.0192. The number of anilines is 2. The van der Waals surface area contributed by atoms with Crippen LogP contribution in [0.15, 0.2) is 29.1 Å². The van der Waals surface area contributed by atoms with Gasteiger partial charge in [-0.2, -0.15) is 4.52 Å². The average Bonchev–Trinajstić information content (AvgIpc) is 3.16. The number of nitrogens with one attached hydrogen (secondary N) is 1. The molecule has 1 amide bonds. The lowest BCUT2D eigenvalue weighted by Crippen LogP contribution is -2.38. The van der Waals surface area contributed by atoms with Gasteiger partial charge in [-0.05, 0) is 56.4 Å². The van der Waals surface area contributed by atoms with Crippen molar-refractivity contribution in [3.63, 3.8) is 0 Å². The van der Waals surface area contributed by atoms with E-state index in [0.29, 0.717) is 4.96 Å². The van der Waals surface area contributed by atoms with E-state index in [1.165, 1.54) is 27.0 Å². The maximum Gasteiger partial charge on any atom is 0.275 e. The topological polar surface area (TPSA) is 79.6 Å². The number of aromatic nitrogens is 3. The van der Waals surface area contributed by atoms with Crippen molar-refractivity contribution >= 4 is 33.0 Å². The minimum atomic E-state index is -0.131. The van der Waals surface area contributed by atoms with Crippen LogP contribution in [-0.4, -0.2) is 33.6 Å². The summed E-state index contributed by atoms with van der Waals surface area (Å²) in [5.41, 5.74) is 3.93. The molecular formula is C22H27N5O2S.